The number of nitrogens with one attached hydrogen (secondary N) is 2. The van der Waals surface area contributed by atoms with E-state index >= 15 is 0 Å². The van der Waals surface area contributed by atoms with Gasteiger partial charge in [-0.25, -0.2) is 0 Å². The summed E-state index contributed by atoms with van der Waals surface area (Å²) in [7, 11) is 0. The molecule has 2 N–H and O–H groups in total. The first-order chi connectivity index (χ1) is 11.5. The largest absolute Gasteiger partial charge is 0.368 e. The first-order valence-corrected chi connectivity index (χ1v) is 9.44. The van der Waals surface area contributed by atoms with Crippen LogP contribution in [0.5, 0.6) is 0 Å². The average Bonchev–Trinajstić information content (AvgIpc) is 3.05. The minimum Gasteiger partial charge on any atom is -0.368 e. The Morgan fingerprint density at radius 3 is 2.21 bits per heavy atom. The molecule has 4 bridgehead atoms. The van der Waals surface area contributed by atoms with Gasteiger partial charge in [0.25, 0.3) is 11.8 Å². The summed E-state index contributed by atoms with van der Waals surface area (Å²) < 4.78 is 5.31. The summed E-state index contributed by atoms with van der Waals surface area (Å²) >= 11 is 0. The van der Waals surface area contributed by atoms with Crippen LogP contribution in [-0.4, -0.2) is 24.5 Å². The van der Waals surface area contributed by atoms with Crippen LogP contribution >= 0.6 is 0 Å². The minimum atomic E-state index is -0.418. The predicted molar refractivity (Wildman–Crippen MR) is 89.6 cm³/mol. The first kappa shape index (κ1) is 16.1. The molecule has 0 unspecified atom stereocenters. The Hall–Kier alpha value is -1.36. The van der Waals surface area contributed by atoms with Crippen molar-refractivity contribution in [1.29, 1.82) is 0 Å². The van der Waals surface area contributed by atoms with Gasteiger partial charge < -0.3 is 4.74 Å². The van der Waals surface area contributed by atoms with E-state index in [4.69, 9.17) is 4.74 Å². The smallest absolute Gasteiger partial charge is 0.267 e. The maximum absolute atomic E-state index is 12.2. The number of allylic oxidation sites excluding steroid dienone is 1. The van der Waals surface area contributed by atoms with Crippen molar-refractivity contribution in [2.45, 2.75) is 64.4 Å². The van der Waals surface area contributed by atoms with Gasteiger partial charge in [0.15, 0.2) is 0 Å². The van der Waals surface area contributed by atoms with E-state index in [-0.39, 0.29) is 17.2 Å². The predicted octanol–water partition coefficient (Wildman–Crippen LogP) is 2.48. The molecule has 2 amide bonds. The zero-order chi connectivity index (χ0) is 16.7. The number of hydrogen-bond donors (Lipinski definition) is 2. The number of amides is 2. The molecule has 0 spiro atoms. The van der Waals surface area contributed by atoms with Crippen molar-refractivity contribution in [2.75, 3.05) is 6.61 Å². The lowest BCUT2D eigenvalue weighted by Gasteiger charge is -2.57. The monoisotopic (exact) mass is 332 g/mol. The van der Waals surface area contributed by atoms with E-state index < -0.39 is 6.10 Å². The Kier molecular flexibility index (Phi) is 4.15. The van der Waals surface area contributed by atoms with Gasteiger partial charge in [-0.3, -0.25) is 20.4 Å². The van der Waals surface area contributed by atoms with E-state index in [1.165, 1.54) is 44.1 Å². The van der Waals surface area contributed by atoms with Crippen LogP contribution < -0.4 is 10.9 Å². The van der Waals surface area contributed by atoms with Gasteiger partial charge in [0.2, 0.25) is 0 Å². The fourth-order valence-corrected chi connectivity index (χ4v) is 5.97. The molecular formula is C19H28N2O3. The standard InChI is InChI=1S/C19H28N2O3/c1-12(5-17(22)20-21-18(23)16-3-2-4-24-16)19-9-13-6-14(10-19)8-15(7-13)11-19/h5,13-16H,2-4,6-11H2,1H3,(H,20,22)(H,21,23)/b12-5-/t13?,14?,15?,16-,19?/m0/s1. The van der Waals surface area contributed by atoms with E-state index in [1.807, 2.05) is 0 Å². The molecule has 0 aromatic rings. The summed E-state index contributed by atoms with van der Waals surface area (Å²) in [5.41, 5.74) is 6.46. The maximum Gasteiger partial charge on any atom is 0.267 e. The van der Waals surface area contributed by atoms with Crippen LogP contribution in [0.25, 0.3) is 0 Å². The van der Waals surface area contributed by atoms with Crippen molar-refractivity contribution in [3.63, 3.8) is 0 Å². The minimum absolute atomic E-state index is 0.227. The van der Waals surface area contributed by atoms with Crippen molar-refractivity contribution >= 4 is 11.8 Å². The van der Waals surface area contributed by atoms with E-state index in [1.54, 1.807) is 6.08 Å². The van der Waals surface area contributed by atoms with Crippen LogP contribution in [0, 0.1) is 23.2 Å². The lowest BCUT2D eigenvalue weighted by Crippen LogP contribution is -2.48. The Morgan fingerprint density at radius 1 is 1.04 bits per heavy atom. The van der Waals surface area contributed by atoms with Crippen LogP contribution in [0.2, 0.25) is 0 Å². The van der Waals surface area contributed by atoms with Crippen molar-refractivity contribution < 1.29 is 14.3 Å². The lowest BCUT2D eigenvalue weighted by atomic mass is 9.48. The molecule has 0 radical (unpaired) electrons. The summed E-state index contributed by atoms with van der Waals surface area (Å²) in [6.45, 7) is 2.73. The number of ether oxygens (including phenoxy) is 1. The SMILES string of the molecule is C/C(=C/C(=O)NNC(=O)[C@@H]1CCCO1)C12CC3CC(CC(C3)C1)C2. The van der Waals surface area contributed by atoms with E-state index in [0.717, 1.165) is 30.6 Å². The molecule has 132 valence electrons. The Balaban J connectivity index is 1.36. The van der Waals surface area contributed by atoms with E-state index in [2.05, 4.69) is 17.8 Å². The molecule has 5 nitrogen and oxygen atoms in total. The molecular weight excluding hydrogens is 304 g/mol. The molecule has 1 heterocycles. The van der Waals surface area contributed by atoms with Crippen LogP contribution in [0.4, 0.5) is 0 Å². The number of carbonyl (C=O) groups excluding carboxylic acids is 2. The molecule has 1 atom stereocenters. The quantitative estimate of drug-likeness (QED) is 0.616. The molecule has 5 aliphatic rings. The highest BCUT2D eigenvalue weighted by atomic mass is 16.5. The number of rotatable bonds is 3. The molecule has 1 aliphatic heterocycles. The van der Waals surface area contributed by atoms with E-state index in [9.17, 15) is 9.59 Å². The van der Waals surface area contributed by atoms with Gasteiger partial charge in [-0.05, 0) is 81.5 Å². The van der Waals surface area contributed by atoms with Gasteiger partial charge in [0.05, 0.1) is 0 Å². The van der Waals surface area contributed by atoms with E-state index in [0.29, 0.717) is 6.61 Å². The summed E-state index contributed by atoms with van der Waals surface area (Å²) in [6.07, 6.45) is 10.9. The van der Waals surface area contributed by atoms with Gasteiger partial charge in [-0.1, -0.05) is 5.57 Å². The molecule has 1 saturated heterocycles. The molecule has 5 fully saturated rings. The Labute approximate surface area is 143 Å². The summed E-state index contributed by atoms with van der Waals surface area (Å²) in [6, 6.07) is 0. The summed E-state index contributed by atoms with van der Waals surface area (Å²) in [4.78, 5) is 24.1. The third-order valence-electron chi connectivity index (χ3n) is 6.75. The van der Waals surface area contributed by atoms with Gasteiger partial charge in [0.1, 0.15) is 6.10 Å². The van der Waals surface area contributed by atoms with Crippen molar-refractivity contribution in [1.82, 2.24) is 10.9 Å². The third-order valence-corrected chi connectivity index (χ3v) is 6.75. The number of carbonyl (C=O) groups is 2. The molecule has 4 aliphatic carbocycles. The fourth-order valence-electron chi connectivity index (χ4n) is 5.97. The van der Waals surface area contributed by atoms with Gasteiger partial charge in [0, 0.05) is 12.7 Å². The number of hydrogen-bond acceptors (Lipinski definition) is 3. The second-order valence-electron chi connectivity index (χ2n) is 8.51. The third kappa shape index (κ3) is 2.99. The van der Waals surface area contributed by atoms with Crippen LogP contribution in [0.15, 0.2) is 11.6 Å². The van der Waals surface area contributed by atoms with Crippen molar-refractivity contribution in [2.24, 2.45) is 23.2 Å². The molecule has 24 heavy (non-hydrogen) atoms. The van der Waals surface area contributed by atoms with Crippen LogP contribution in [0.3, 0.4) is 0 Å². The average molecular weight is 332 g/mol. The Bertz CT molecular complexity index is 528. The topological polar surface area (TPSA) is 67.4 Å². The first-order valence-electron chi connectivity index (χ1n) is 9.44. The van der Waals surface area contributed by atoms with Gasteiger partial charge in [-0.2, -0.15) is 0 Å². The highest BCUT2D eigenvalue weighted by Crippen LogP contribution is 2.62. The Morgan fingerprint density at radius 2 is 1.67 bits per heavy atom. The van der Waals surface area contributed by atoms with Crippen LogP contribution in [0.1, 0.15) is 58.3 Å². The van der Waals surface area contributed by atoms with Gasteiger partial charge in [-0.15, -0.1) is 0 Å². The van der Waals surface area contributed by atoms with Crippen molar-refractivity contribution in [3.8, 4) is 0 Å². The number of hydrazine groups is 1. The summed E-state index contributed by atoms with van der Waals surface area (Å²) in [5.74, 6) is 2.11. The molecule has 4 saturated carbocycles. The molecule has 0 aromatic heterocycles. The molecule has 5 heteroatoms. The lowest BCUT2D eigenvalue weighted by molar-refractivity contribution is -0.133. The summed E-state index contributed by atoms with van der Waals surface area (Å²) in [5, 5.41) is 0. The van der Waals surface area contributed by atoms with Crippen LogP contribution in [-0.2, 0) is 14.3 Å². The second-order valence-corrected chi connectivity index (χ2v) is 8.51. The normalized spacial score (nSPS) is 40.6. The molecule has 0 aromatic carbocycles. The van der Waals surface area contributed by atoms with Crippen molar-refractivity contribution in [3.05, 3.63) is 11.6 Å². The second kappa shape index (κ2) is 6.17. The highest BCUT2D eigenvalue weighted by Gasteiger charge is 2.51. The zero-order valence-corrected chi connectivity index (χ0v) is 14.5. The maximum atomic E-state index is 12.2. The van der Waals surface area contributed by atoms with Gasteiger partial charge >= 0.3 is 0 Å². The molecule has 5 rings (SSSR count). The highest BCUT2D eigenvalue weighted by molar-refractivity contribution is 5.91. The zero-order valence-electron chi connectivity index (χ0n) is 14.5. The fraction of sp³-hybridized carbons (Fsp3) is 0.789.